The van der Waals surface area contributed by atoms with Crippen LogP contribution in [0.1, 0.15) is 28.4 Å². The Balaban J connectivity index is 2.14. The topological polar surface area (TPSA) is 38.3 Å². The van der Waals surface area contributed by atoms with Crippen molar-refractivity contribution >= 4 is 11.6 Å². The number of hydrogen-bond donors (Lipinski definition) is 1. The molecule has 0 saturated carbocycles. The van der Waals surface area contributed by atoms with Crippen molar-refractivity contribution in [3.63, 3.8) is 0 Å². The Labute approximate surface area is 131 Å². The van der Waals surface area contributed by atoms with Gasteiger partial charge in [-0.05, 0) is 61.7 Å². The van der Waals surface area contributed by atoms with Gasteiger partial charge in [0, 0.05) is 11.3 Å². The number of aryl methyl sites for hydroxylation is 1. The smallest absolute Gasteiger partial charge is 0.255 e. The maximum absolute atomic E-state index is 12.4. The summed E-state index contributed by atoms with van der Waals surface area (Å²) in [6.45, 7) is 10.2. The van der Waals surface area contributed by atoms with Crippen molar-refractivity contribution in [3.8, 4) is 5.75 Å². The molecule has 22 heavy (non-hydrogen) atoms. The van der Waals surface area contributed by atoms with Crippen LogP contribution in [0.25, 0.3) is 0 Å². The number of hydrogen-bond acceptors (Lipinski definition) is 2. The summed E-state index contributed by atoms with van der Waals surface area (Å²) < 4.78 is 5.57. The average Bonchev–Trinajstić information content (AvgIpc) is 2.50. The third kappa shape index (κ3) is 3.98. The Morgan fingerprint density at radius 1 is 1.18 bits per heavy atom. The second kappa shape index (κ2) is 6.94. The number of rotatable bonds is 5. The van der Waals surface area contributed by atoms with Gasteiger partial charge in [-0.25, -0.2) is 0 Å². The second-order valence-corrected chi connectivity index (χ2v) is 5.48. The van der Waals surface area contributed by atoms with E-state index in [9.17, 15) is 4.79 Å². The largest absolute Gasteiger partial charge is 0.489 e. The normalized spacial score (nSPS) is 10.1. The average molecular weight is 295 g/mol. The van der Waals surface area contributed by atoms with Gasteiger partial charge >= 0.3 is 0 Å². The highest BCUT2D eigenvalue weighted by atomic mass is 16.5. The van der Waals surface area contributed by atoms with E-state index < -0.39 is 0 Å². The zero-order valence-electron chi connectivity index (χ0n) is 13.3. The fraction of sp³-hybridized carbons (Fsp3) is 0.211. The van der Waals surface area contributed by atoms with Crippen LogP contribution in [0.2, 0.25) is 0 Å². The molecule has 0 aliphatic heterocycles. The van der Waals surface area contributed by atoms with Crippen LogP contribution < -0.4 is 10.1 Å². The standard InChI is InChI=1S/C19H21NO2/c1-13(2)12-22-17-9-6-8-16(11-17)19(21)20-18-10-5-7-14(3)15(18)4/h5-11H,1,12H2,2-4H3,(H,20,21). The minimum absolute atomic E-state index is 0.144. The van der Waals surface area contributed by atoms with E-state index in [1.807, 2.05) is 51.1 Å². The first-order chi connectivity index (χ1) is 10.5. The molecule has 0 atom stereocenters. The van der Waals surface area contributed by atoms with Crippen LogP contribution in [0, 0.1) is 13.8 Å². The zero-order valence-corrected chi connectivity index (χ0v) is 13.3. The molecule has 0 unspecified atom stereocenters. The van der Waals surface area contributed by atoms with E-state index in [1.54, 1.807) is 12.1 Å². The van der Waals surface area contributed by atoms with Crippen molar-refractivity contribution in [3.05, 3.63) is 71.3 Å². The Morgan fingerprint density at radius 3 is 2.64 bits per heavy atom. The molecular weight excluding hydrogens is 274 g/mol. The molecule has 0 fully saturated rings. The Kier molecular flexibility index (Phi) is 4.99. The monoisotopic (exact) mass is 295 g/mol. The van der Waals surface area contributed by atoms with Crippen LogP contribution in [-0.4, -0.2) is 12.5 Å². The van der Waals surface area contributed by atoms with Gasteiger partial charge in [0.05, 0.1) is 0 Å². The van der Waals surface area contributed by atoms with E-state index >= 15 is 0 Å². The predicted molar refractivity (Wildman–Crippen MR) is 90.6 cm³/mol. The molecule has 0 heterocycles. The molecule has 1 amide bonds. The second-order valence-electron chi connectivity index (χ2n) is 5.48. The lowest BCUT2D eigenvalue weighted by molar-refractivity contribution is 0.102. The fourth-order valence-electron chi connectivity index (χ4n) is 2.01. The Bertz CT molecular complexity index is 704. The maximum Gasteiger partial charge on any atom is 0.255 e. The quantitative estimate of drug-likeness (QED) is 0.824. The molecule has 114 valence electrons. The molecule has 3 nitrogen and oxygen atoms in total. The lowest BCUT2D eigenvalue weighted by Gasteiger charge is -2.11. The van der Waals surface area contributed by atoms with Crippen molar-refractivity contribution in [2.75, 3.05) is 11.9 Å². The van der Waals surface area contributed by atoms with Gasteiger partial charge in [0.2, 0.25) is 0 Å². The number of amides is 1. The molecule has 0 saturated heterocycles. The third-order valence-electron chi connectivity index (χ3n) is 3.43. The van der Waals surface area contributed by atoms with Gasteiger partial charge in [0.1, 0.15) is 12.4 Å². The molecule has 2 aromatic carbocycles. The van der Waals surface area contributed by atoms with E-state index in [0.717, 1.165) is 22.4 Å². The highest BCUT2D eigenvalue weighted by Crippen LogP contribution is 2.20. The lowest BCUT2D eigenvalue weighted by Crippen LogP contribution is -2.13. The molecule has 0 aliphatic rings. The summed E-state index contributed by atoms with van der Waals surface area (Å²) >= 11 is 0. The summed E-state index contributed by atoms with van der Waals surface area (Å²) in [5, 5.41) is 2.95. The first kappa shape index (κ1) is 15.8. The minimum atomic E-state index is -0.144. The number of anilines is 1. The summed E-state index contributed by atoms with van der Waals surface area (Å²) in [4.78, 5) is 12.4. The zero-order chi connectivity index (χ0) is 16.1. The number of nitrogens with one attached hydrogen (secondary N) is 1. The minimum Gasteiger partial charge on any atom is -0.489 e. The van der Waals surface area contributed by atoms with Gasteiger partial charge in [-0.1, -0.05) is 24.8 Å². The van der Waals surface area contributed by atoms with E-state index in [1.165, 1.54) is 0 Å². The predicted octanol–water partition coefficient (Wildman–Crippen LogP) is 4.51. The first-order valence-corrected chi connectivity index (χ1v) is 7.22. The number of benzene rings is 2. The summed E-state index contributed by atoms with van der Waals surface area (Å²) in [5.74, 6) is 0.520. The summed E-state index contributed by atoms with van der Waals surface area (Å²) in [6, 6.07) is 13.0. The van der Waals surface area contributed by atoms with Gasteiger partial charge in [-0.2, -0.15) is 0 Å². The summed E-state index contributed by atoms with van der Waals surface area (Å²) in [7, 11) is 0. The molecule has 2 rings (SSSR count). The SMILES string of the molecule is C=C(C)COc1cccc(C(=O)Nc2cccc(C)c2C)c1. The molecule has 0 bridgehead atoms. The molecule has 1 N–H and O–H groups in total. The summed E-state index contributed by atoms with van der Waals surface area (Å²) in [5.41, 5.74) is 4.56. The summed E-state index contributed by atoms with van der Waals surface area (Å²) in [6.07, 6.45) is 0. The van der Waals surface area contributed by atoms with Gasteiger partial charge in [0.15, 0.2) is 0 Å². The molecule has 0 radical (unpaired) electrons. The third-order valence-corrected chi connectivity index (χ3v) is 3.43. The molecule has 2 aromatic rings. The Morgan fingerprint density at radius 2 is 1.91 bits per heavy atom. The van der Waals surface area contributed by atoms with Gasteiger partial charge in [-0.3, -0.25) is 4.79 Å². The van der Waals surface area contributed by atoms with E-state index in [0.29, 0.717) is 17.9 Å². The Hall–Kier alpha value is -2.55. The van der Waals surface area contributed by atoms with Crippen molar-refractivity contribution in [2.45, 2.75) is 20.8 Å². The van der Waals surface area contributed by atoms with Crippen molar-refractivity contribution < 1.29 is 9.53 Å². The molecule has 0 aromatic heterocycles. The fourth-order valence-corrected chi connectivity index (χ4v) is 2.01. The maximum atomic E-state index is 12.4. The highest BCUT2D eigenvalue weighted by Gasteiger charge is 2.09. The number of ether oxygens (including phenoxy) is 1. The van der Waals surface area contributed by atoms with Gasteiger partial charge < -0.3 is 10.1 Å². The molecular formula is C19H21NO2. The van der Waals surface area contributed by atoms with E-state index in [4.69, 9.17) is 4.74 Å². The first-order valence-electron chi connectivity index (χ1n) is 7.22. The van der Waals surface area contributed by atoms with Crippen molar-refractivity contribution in [2.24, 2.45) is 0 Å². The van der Waals surface area contributed by atoms with Gasteiger partial charge in [-0.15, -0.1) is 0 Å². The van der Waals surface area contributed by atoms with Crippen LogP contribution in [-0.2, 0) is 0 Å². The van der Waals surface area contributed by atoms with Crippen LogP contribution in [0.5, 0.6) is 5.75 Å². The molecule has 0 aliphatic carbocycles. The van der Waals surface area contributed by atoms with Crippen molar-refractivity contribution in [1.29, 1.82) is 0 Å². The number of carbonyl (C=O) groups excluding carboxylic acids is 1. The molecule has 3 heteroatoms. The lowest BCUT2D eigenvalue weighted by atomic mass is 10.1. The van der Waals surface area contributed by atoms with Crippen LogP contribution in [0.4, 0.5) is 5.69 Å². The van der Waals surface area contributed by atoms with Gasteiger partial charge in [0.25, 0.3) is 5.91 Å². The van der Waals surface area contributed by atoms with Crippen molar-refractivity contribution in [1.82, 2.24) is 0 Å². The molecule has 0 spiro atoms. The van der Waals surface area contributed by atoms with Crippen LogP contribution in [0.3, 0.4) is 0 Å². The van der Waals surface area contributed by atoms with E-state index in [2.05, 4.69) is 11.9 Å². The number of carbonyl (C=O) groups is 1. The highest BCUT2D eigenvalue weighted by molar-refractivity contribution is 6.04. The van der Waals surface area contributed by atoms with Crippen LogP contribution >= 0.6 is 0 Å². The van der Waals surface area contributed by atoms with Crippen LogP contribution in [0.15, 0.2) is 54.6 Å². The van der Waals surface area contributed by atoms with E-state index in [-0.39, 0.29) is 5.91 Å².